The summed E-state index contributed by atoms with van der Waals surface area (Å²) in [6, 6.07) is 30.2. The first-order valence-corrected chi connectivity index (χ1v) is 9.70. The van der Waals surface area contributed by atoms with Crippen molar-refractivity contribution in [3.63, 3.8) is 0 Å². The van der Waals surface area contributed by atoms with Gasteiger partial charge in [-0.2, -0.15) is 0 Å². The van der Waals surface area contributed by atoms with Crippen LogP contribution in [0.5, 0.6) is 0 Å². The van der Waals surface area contributed by atoms with Gasteiger partial charge in [0.05, 0.1) is 13.2 Å². The lowest BCUT2D eigenvalue weighted by molar-refractivity contribution is 0.120. The van der Waals surface area contributed by atoms with E-state index in [9.17, 15) is 0 Å². The molecule has 0 amide bonds. The minimum absolute atomic E-state index is 0.261. The maximum atomic E-state index is 5.87. The third-order valence-electron chi connectivity index (χ3n) is 4.98. The van der Waals surface area contributed by atoms with E-state index in [1.54, 1.807) is 0 Å². The third kappa shape index (κ3) is 5.78. The van der Waals surface area contributed by atoms with E-state index in [2.05, 4.69) is 104 Å². The number of aryl methyl sites for hydroxylation is 1. The minimum atomic E-state index is 0.261. The van der Waals surface area contributed by atoms with E-state index in [0.717, 1.165) is 6.54 Å². The van der Waals surface area contributed by atoms with Crippen molar-refractivity contribution in [1.29, 1.82) is 0 Å². The van der Waals surface area contributed by atoms with Gasteiger partial charge < -0.3 is 10.1 Å². The van der Waals surface area contributed by atoms with E-state index < -0.39 is 0 Å². The van der Waals surface area contributed by atoms with Gasteiger partial charge in [-0.25, -0.2) is 0 Å². The second kappa shape index (κ2) is 10.1. The van der Waals surface area contributed by atoms with Crippen LogP contribution in [-0.2, 0) is 11.3 Å². The van der Waals surface area contributed by atoms with Crippen LogP contribution in [0, 0.1) is 6.92 Å². The van der Waals surface area contributed by atoms with Gasteiger partial charge in [0, 0.05) is 18.5 Å². The van der Waals surface area contributed by atoms with Crippen molar-refractivity contribution >= 4 is 0 Å². The highest BCUT2D eigenvalue weighted by molar-refractivity contribution is 5.27. The van der Waals surface area contributed by atoms with Crippen molar-refractivity contribution in [3.8, 4) is 0 Å². The first-order valence-electron chi connectivity index (χ1n) is 9.70. The summed E-state index contributed by atoms with van der Waals surface area (Å²) in [7, 11) is 0. The molecule has 0 heterocycles. The van der Waals surface area contributed by atoms with Gasteiger partial charge in [0.2, 0.25) is 0 Å². The molecule has 2 nitrogen and oxygen atoms in total. The van der Waals surface area contributed by atoms with Gasteiger partial charge in [0.1, 0.15) is 0 Å². The maximum Gasteiger partial charge on any atom is 0.0717 e. The average molecular weight is 360 g/mol. The smallest absolute Gasteiger partial charge is 0.0717 e. The standard InChI is InChI=1S/C25H29NO/c1-20-13-15-22(16-14-20)19-27-18-17-26-25(24-11-7-4-8-12-24)21(2)23-9-5-3-6-10-23/h3-16,21,25-26H,17-19H2,1-2H3/t21?,25-/m0/s1. The number of nitrogens with one attached hydrogen (secondary N) is 1. The van der Waals surface area contributed by atoms with Crippen molar-refractivity contribution < 1.29 is 4.74 Å². The van der Waals surface area contributed by atoms with Gasteiger partial charge in [-0.15, -0.1) is 0 Å². The van der Waals surface area contributed by atoms with Gasteiger partial charge >= 0.3 is 0 Å². The minimum Gasteiger partial charge on any atom is -0.375 e. The molecule has 3 aromatic carbocycles. The SMILES string of the molecule is Cc1ccc(COCCN[C@H](c2ccccc2)C(C)c2ccccc2)cc1. The summed E-state index contributed by atoms with van der Waals surface area (Å²) in [5.41, 5.74) is 5.16. The van der Waals surface area contributed by atoms with Crippen molar-refractivity contribution in [3.05, 3.63) is 107 Å². The van der Waals surface area contributed by atoms with Crippen molar-refractivity contribution in [2.75, 3.05) is 13.2 Å². The Labute approximate surface area is 163 Å². The predicted molar refractivity (Wildman–Crippen MR) is 113 cm³/mol. The Morgan fingerprint density at radius 1 is 0.778 bits per heavy atom. The highest BCUT2D eigenvalue weighted by atomic mass is 16.5. The lowest BCUT2D eigenvalue weighted by Gasteiger charge is -2.26. The lowest BCUT2D eigenvalue weighted by atomic mass is 9.88. The molecule has 0 spiro atoms. The quantitative estimate of drug-likeness (QED) is 0.499. The zero-order chi connectivity index (χ0) is 18.9. The summed E-state index contributed by atoms with van der Waals surface area (Å²) < 4.78 is 5.87. The number of ether oxygens (including phenoxy) is 1. The van der Waals surface area contributed by atoms with Crippen molar-refractivity contribution in [2.24, 2.45) is 0 Å². The molecule has 0 aliphatic heterocycles. The van der Waals surface area contributed by atoms with Crippen molar-refractivity contribution in [1.82, 2.24) is 5.32 Å². The van der Waals surface area contributed by atoms with Crippen LogP contribution in [0.25, 0.3) is 0 Å². The second-order valence-corrected chi connectivity index (χ2v) is 7.08. The molecule has 0 saturated carbocycles. The van der Waals surface area contributed by atoms with Crippen LogP contribution in [0.4, 0.5) is 0 Å². The predicted octanol–water partition coefficient (Wildman–Crippen LogP) is 5.65. The van der Waals surface area contributed by atoms with Gasteiger partial charge in [0.15, 0.2) is 0 Å². The molecule has 0 aliphatic carbocycles. The molecule has 3 aromatic rings. The Morgan fingerprint density at radius 3 is 2.00 bits per heavy atom. The molecule has 0 radical (unpaired) electrons. The highest BCUT2D eigenvalue weighted by Crippen LogP contribution is 2.30. The topological polar surface area (TPSA) is 21.3 Å². The summed E-state index contributed by atoms with van der Waals surface area (Å²) in [6.45, 7) is 6.56. The fourth-order valence-corrected chi connectivity index (χ4v) is 3.35. The normalized spacial score (nSPS) is 13.3. The first kappa shape index (κ1) is 19.3. The number of hydrogen-bond donors (Lipinski definition) is 1. The molecule has 0 bridgehead atoms. The molecule has 0 fully saturated rings. The highest BCUT2D eigenvalue weighted by Gasteiger charge is 2.19. The van der Waals surface area contributed by atoms with Crippen LogP contribution >= 0.6 is 0 Å². The maximum absolute atomic E-state index is 5.87. The van der Waals surface area contributed by atoms with Crippen LogP contribution in [0.3, 0.4) is 0 Å². The molecule has 0 aromatic heterocycles. The van der Waals surface area contributed by atoms with Crippen LogP contribution < -0.4 is 5.32 Å². The third-order valence-corrected chi connectivity index (χ3v) is 4.98. The molecule has 2 heteroatoms. The Hall–Kier alpha value is -2.42. The van der Waals surface area contributed by atoms with Crippen LogP contribution in [0.1, 0.15) is 41.1 Å². The van der Waals surface area contributed by atoms with E-state index in [-0.39, 0.29) is 6.04 Å². The van der Waals surface area contributed by atoms with E-state index in [1.807, 2.05) is 0 Å². The second-order valence-electron chi connectivity index (χ2n) is 7.08. The van der Waals surface area contributed by atoms with Gasteiger partial charge in [-0.3, -0.25) is 0 Å². The summed E-state index contributed by atoms with van der Waals surface area (Å²) in [6.07, 6.45) is 0. The number of benzene rings is 3. The lowest BCUT2D eigenvalue weighted by Crippen LogP contribution is -2.29. The Bertz CT molecular complexity index is 784. The number of rotatable bonds is 9. The molecular weight excluding hydrogens is 330 g/mol. The summed E-state index contributed by atoms with van der Waals surface area (Å²) in [4.78, 5) is 0. The molecule has 1 N–H and O–H groups in total. The number of hydrogen-bond acceptors (Lipinski definition) is 2. The molecule has 1 unspecified atom stereocenters. The molecule has 27 heavy (non-hydrogen) atoms. The average Bonchev–Trinajstić information content (AvgIpc) is 2.73. The fourth-order valence-electron chi connectivity index (χ4n) is 3.35. The monoisotopic (exact) mass is 359 g/mol. The largest absolute Gasteiger partial charge is 0.375 e. The Morgan fingerprint density at radius 2 is 1.37 bits per heavy atom. The van der Waals surface area contributed by atoms with E-state index >= 15 is 0 Å². The van der Waals surface area contributed by atoms with E-state index in [1.165, 1.54) is 22.3 Å². The zero-order valence-corrected chi connectivity index (χ0v) is 16.3. The molecular formula is C25H29NO. The molecule has 2 atom stereocenters. The van der Waals surface area contributed by atoms with Gasteiger partial charge in [0.25, 0.3) is 0 Å². The first-order chi connectivity index (χ1) is 13.2. The summed E-state index contributed by atoms with van der Waals surface area (Å²) in [5, 5.41) is 3.70. The summed E-state index contributed by atoms with van der Waals surface area (Å²) >= 11 is 0. The van der Waals surface area contributed by atoms with Crippen LogP contribution in [-0.4, -0.2) is 13.2 Å². The van der Waals surface area contributed by atoms with Gasteiger partial charge in [-0.1, -0.05) is 97.4 Å². The Balaban J connectivity index is 1.56. The van der Waals surface area contributed by atoms with Crippen LogP contribution in [0.15, 0.2) is 84.9 Å². The zero-order valence-electron chi connectivity index (χ0n) is 16.3. The molecule has 3 rings (SSSR count). The summed E-state index contributed by atoms with van der Waals surface area (Å²) in [5.74, 6) is 0.380. The van der Waals surface area contributed by atoms with Crippen molar-refractivity contribution in [2.45, 2.75) is 32.4 Å². The molecule has 0 aliphatic rings. The Kier molecular flexibility index (Phi) is 7.20. The molecule has 0 saturated heterocycles. The van der Waals surface area contributed by atoms with Gasteiger partial charge in [-0.05, 0) is 23.6 Å². The molecule has 140 valence electrons. The fraction of sp³-hybridized carbons (Fsp3) is 0.280. The van der Waals surface area contributed by atoms with E-state index in [0.29, 0.717) is 19.1 Å². The van der Waals surface area contributed by atoms with Crippen LogP contribution in [0.2, 0.25) is 0 Å². The van der Waals surface area contributed by atoms with E-state index in [4.69, 9.17) is 4.74 Å².